The summed E-state index contributed by atoms with van der Waals surface area (Å²) in [5.41, 5.74) is 8.05. The van der Waals surface area contributed by atoms with E-state index in [1.165, 1.54) is 23.9 Å². The molecule has 0 saturated heterocycles. The van der Waals surface area contributed by atoms with E-state index in [1.54, 1.807) is 12.1 Å². The molecule has 0 aromatic heterocycles. The van der Waals surface area contributed by atoms with Crippen LogP contribution in [0.1, 0.15) is 5.56 Å². The summed E-state index contributed by atoms with van der Waals surface area (Å²) in [5, 5.41) is 12.1. The standard InChI is InChI=1S/C15H16FN3OS/c1-19(11-8-6-10(16)7-9-11)12-4-3-5-13(21-2)14(12)15(17)18-20/h3-9,20H,1-2H3,(H2,17,18). The molecule has 0 radical (unpaired) electrons. The maximum absolute atomic E-state index is 13.0. The van der Waals surface area contributed by atoms with Crippen molar-refractivity contribution in [2.45, 2.75) is 4.90 Å². The predicted octanol–water partition coefficient (Wildman–Crippen LogP) is 3.41. The minimum absolute atomic E-state index is 0.0453. The van der Waals surface area contributed by atoms with E-state index in [0.29, 0.717) is 5.56 Å². The molecule has 2 aromatic carbocycles. The molecule has 0 aliphatic heterocycles. The summed E-state index contributed by atoms with van der Waals surface area (Å²) in [4.78, 5) is 2.77. The van der Waals surface area contributed by atoms with Gasteiger partial charge in [0.1, 0.15) is 5.82 Å². The minimum atomic E-state index is -0.290. The lowest BCUT2D eigenvalue weighted by Crippen LogP contribution is -2.20. The second-order valence-electron chi connectivity index (χ2n) is 4.38. The molecule has 0 saturated carbocycles. The molecule has 110 valence electrons. The summed E-state index contributed by atoms with van der Waals surface area (Å²) < 4.78 is 13.0. The van der Waals surface area contributed by atoms with Crippen LogP contribution in [0.25, 0.3) is 0 Å². The van der Waals surface area contributed by atoms with Gasteiger partial charge in [-0.05, 0) is 42.7 Å². The lowest BCUT2D eigenvalue weighted by molar-refractivity contribution is 0.318. The third-order valence-corrected chi connectivity index (χ3v) is 3.94. The smallest absolute Gasteiger partial charge is 0.173 e. The number of hydrogen-bond acceptors (Lipinski definition) is 4. The van der Waals surface area contributed by atoms with E-state index >= 15 is 0 Å². The van der Waals surface area contributed by atoms with Crippen LogP contribution >= 0.6 is 11.8 Å². The van der Waals surface area contributed by atoms with Gasteiger partial charge in [0.15, 0.2) is 5.84 Å². The van der Waals surface area contributed by atoms with Gasteiger partial charge < -0.3 is 15.8 Å². The first-order valence-electron chi connectivity index (χ1n) is 6.22. The summed E-state index contributed by atoms with van der Waals surface area (Å²) in [5.74, 6) is -0.245. The van der Waals surface area contributed by atoms with Gasteiger partial charge in [0, 0.05) is 17.6 Å². The Balaban J connectivity index is 2.55. The van der Waals surface area contributed by atoms with Crippen molar-refractivity contribution >= 4 is 29.0 Å². The fourth-order valence-electron chi connectivity index (χ4n) is 2.08. The maximum Gasteiger partial charge on any atom is 0.173 e. The number of halogens is 1. The largest absolute Gasteiger partial charge is 0.409 e. The van der Waals surface area contributed by atoms with E-state index in [9.17, 15) is 4.39 Å². The molecule has 0 aliphatic rings. The Hall–Kier alpha value is -2.21. The molecular formula is C15H16FN3OS. The Morgan fingerprint density at radius 2 is 1.90 bits per heavy atom. The van der Waals surface area contributed by atoms with Crippen molar-refractivity contribution < 1.29 is 9.60 Å². The fourth-order valence-corrected chi connectivity index (χ4v) is 2.71. The van der Waals surface area contributed by atoms with Crippen molar-refractivity contribution in [1.29, 1.82) is 0 Å². The quantitative estimate of drug-likeness (QED) is 0.299. The van der Waals surface area contributed by atoms with Gasteiger partial charge in [0.2, 0.25) is 0 Å². The Kier molecular flexibility index (Phi) is 4.70. The summed E-state index contributed by atoms with van der Waals surface area (Å²) >= 11 is 1.51. The zero-order valence-electron chi connectivity index (χ0n) is 11.7. The van der Waals surface area contributed by atoms with Crippen LogP contribution in [0.4, 0.5) is 15.8 Å². The molecule has 0 unspecified atom stereocenters. The van der Waals surface area contributed by atoms with E-state index in [2.05, 4.69) is 5.16 Å². The average molecular weight is 305 g/mol. The first-order chi connectivity index (χ1) is 10.1. The molecular weight excluding hydrogens is 289 g/mol. The Labute approximate surface area is 127 Å². The van der Waals surface area contributed by atoms with Crippen LogP contribution in [0, 0.1) is 5.82 Å². The molecule has 0 aliphatic carbocycles. The third kappa shape index (κ3) is 3.11. The molecule has 0 fully saturated rings. The van der Waals surface area contributed by atoms with E-state index in [4.69, 9.17) is 10.9 Å². The van der Waals surface area contributed by atoms with Crippen LogP contribution in [0.3, 0.4) is 0 Å². The fraction of sp³-hybridized carbons (Fsp3) is 0.133. The number of hydrogen-bond donors (Lipinski definition) is 2. The van der Waals surface area contributed by atoms with E-state index in [1.807, 2.05) is 36.4 Å². The highest BCUT2D eigenvalue weighted by Crippen LogP contribution is 2.32. The lowest BCUT2D eigenvalue weighted by atomic mass is 10.1. The summed E-state index contributed by atoms with van der Waals surface area (Å²) in [6, 6.07) is 11.8. The molecule has 4 nitrogen and oxygen atoms in total. The van der Waals surface area contributed by atoms with Gasteiger partial charge in [0.05, 0.1) is 11.3 Å². The van der Waals surface area contributed by atoms with Gasteiger partial charge in [-0.15, -0.1) is 11.8 Å². The number of nitrogens with two attached hydrogens (primary N) is 1. The zero-order valence-corrected chi connectivity index (χ0v) is 12.6. The molecule has 0 spiro atoms. The predicted molar refractivity (Wildman–Crippen MR) is 85.2 cm³/mol. The SMILES string of the molecule is CSc1cccc(N(C)c2ccc(F)cc2)c1/C(N)=N/O. The van der Waals surface area contributed by atoms with Crippen LogP contribution in [0.2, 0.25) is 0 Å². The molecule has 3 N–H and O–H groups in total. The third-order valence-electron chi connectivity index (χ3n) is 3.16. The molecule has 0 amide bonds. The van der Waals surface area contributed by atoms with Crippen LogP contribution in [0.5, 0.6) is 0 Å². The van der Waals surface area contributed by atoms with Crippen LogP contribution < -0.4 is 10.6 Å². The van der Waals surface area contributed by atoms with Crippen molar-refractivity contribution in [2.24, 2.45) is 10.9 Å². The molecule has 2 aromatic rings. The van der Waals surface area contributed by atoms with Gasteiger partial charge in [-0.25, -0.2) is 4.39 Å². The van der Waals surface area contributed by atoms with Gasteiger partial charge in [-0.2, -0.15) is 0 Å². The highest BCUT2D eigenvalue weighted by atomic mass is 32.2. The Bertz CT molecular complexity index is 658. The van der Waals surface area contributed by atoms with E-state index in [-0.39, 0.29) is 11.7 Å². The minimum Gasteiger partial charge on any atom is -0.409 e. The molecule has 21 heavy (non-hydrogen) atoms. The molecule has 6 heteroatoms. The molecule has 2 rings (SSSR count). The Morgan fingerprint density at radius 3 is 2.48 bits per heavy atom. The van der Waals surface area contributed by atoms with E-state index in [0.717, 1.165) is 16.3 Å². The number of amidine groups is 1. The topological polar surface area (TPSA) is 61.8 Å². The molecule has 0 atom stereocenters. The van der Waals surface area contributed by atoms with Gasteiger partial charge >= 0.3 is 0 Å². The Morgan fingerprint density at radius 1 is 1.24 bits per heavy atom. The lowest BCUT2D eigenvalue weighted by Gasteiger charge is -2.23. The van der Waals surface area contributed by atoms with Crippen molar-refractivity contribution in [3.05, 3.63) is 53.8 Å². The average Bonchev–Trinajstić information content (AvgIpc) is 2.53. The highest BCUT2D eigenvalue weighted by molar-refractivity contribution is 7.98. The van der Waals surface area contributed by atoms with Crippen molar-refractivity contribution in [2.75, 3.05) is 18.2 Å². The summed E-state index contributed by atoms with van der Waals surface area (Å²) in [7, 11) is 1.85. The number of anilines is 2. The van der Waals surface area contributed by atoms with Gasteiger partial charge in [0.25, 0.3) is 0 Å². The second-order valence-corrected chi connectivity index (χ2v) is 5.22. The number of oxime groups is 1. The molecule has 0 heterocycles. The number of thioether (sulfide) groups is 1. The van der Waals surface area contributed by atoms with Crippen molar-refractivity contribution in [3.8, 4) is 0 Å². The van der Waals surface area contributed by atoms with Crippen LogP contribution in [-0.4, -0.2) is 24.3 Å². The van der Waals surface area contributed by atoms with Crippen LogP contribution in [0.15, 0.2) is 52.5 Å². The summed E-state index contributed by atoms with van der Waals surface area (Å²) in [6.45, 7) is 0. The number of nitrogens with zero attached hydrogens (tertiary/aromatic N) is 2. The normalized spacial score (nSPS) is 11.5. The first kappa shape index (κ1) is 15.2. The van der Waals surface area contributed by atoms with E-state index < -0.39 is 0 Å². The second kappa shape index (κ2) is 6.49. The van der Waals surface area contributed by atoms with Crippen molar-refractivity contribution in [3.63, 3.8) is 0 Å². The van der Waals surface area contributed by atoms with Crippen LogP contribution in [-0.2, 0) is 0 Å². The maximum atomic E-state index is 13.0. The van der Waals surface area contributed by atoms with Gasteiger partial charge in [-0.1, -0.05) is 11.2 Å². The number of benzene rings is 2. The zero-order chi connectivity index (χ0) is 15.4. The van der Waals surface area contributed by atoms with Crippen molar-refractivity contribution in [1.82, 2.24) is 0 Å². The first-order valence-corrected chi connectivity index (χ1v) is 7.45. The highest BCUT2D eigenvalue weighted by Gasteiger charge is 2.16. The summed E-state index contributed by atoms with van der Waals surface area (Å²) in [6.07, 6.45) is 1.92. The molecule has 0 bridgehead atoms. The monoisotopic (exact) mass is 305 g/mol. The number of rotatable bonds is 4. The van der Waals surface area contributed by atoms with Gasteiger partial charge in [-0.3, -0.25) is 0 Å².